The molecule has 0 aromatic heterocycles. The summed E-state index contributed by atoms with van der Waals surface area (Å²) < 4.78 is 0. The van der Waals surface area contributed by atoms with Crippen molar-refractivity contribution in [2.24, 2.45) is 34.5 Å². The van der Waals surface area contributed by atoms with Gasteiger partial charge in [0.25, 0.3) is 0 Å². The third kappa shape index (κ3) is 3.37. The van der Waals surface area contributed by atoms with Gasteiger partial charge >= 0.3 is 0 Å². The molecule has 0 aromatic rings. The average molecular weight is 309 g/mol. The zero-order valence-corrected chi connectivity index (χ0v) is 15.2. The molecule has 128 valence electrons. The summed E-state index contributed by atoms with van der Waals surface area (Å²) >= 11 is 0. The molecule has 2 N–H and O–H groups in total. The van der Waals surface area contributed by atoms with Crippen molar-refractivity contribution in [2.75, 3.05) is 0 Å². The van der Waals surface area contributed by atoms with Crippen molar-refractivity contribution in [1.82, 2.24) is 0 Å². The number of aliphatic hydroxyl groups is 2. The van der Waals surface area contributed by atoms with Crippen molar-refractivity contribution >= 4 is 0 Å². The highest BCUT2D eigenvalue weighted by Gasteiger charge is 2.55. The predicted molar refractivity (Wildman–Crippen MR) is 92.7 cm³/mol. The molecule has 0 saturated heterocycles. The monoisotopic (exact) mass is 308 g/mol. The van der Waals surface area contributed by atoms with Crippen molar-refractivity contribution in [3.8, 4) is 0 Å². The molecule has 0 heterocycles. The van der Waals surface area contributed by atoms with Crippen LogP contribution >= 0.6 is 0 Å². The summed E-state index contributed by atoms with van der Waals surface area (Å²) in [6, 6.07) is 0. The summed E-state index contributed by atoms with van der Waals surface area (Å²) in [7, 11) is 0. The first-order valence-corrected chi connectivity index (χ1v) is 9.19. The number of allylic oxidation sites excluding steroid dienone is 1. The molecule has 0 spiro atoms. The lowest BCUT2D eigenvalue weighted by Gasteiger charge is -2.60. The van der Waals surface area contributed by atoms with E-state index in [4.69, 9.17) is 5.11 Å². The molecule has 2 rings (SSSR count). The van der Waals surface area contributed by atoms with Crippen LogP contribution in [0, 0.1) is 34.5 Å². The van der Waals surface area contributed by atoms with Crippen LogP contribution in [-0.2, 0) is 0 Å². The van der Waals surface area contributed by atoms with E-state index in [0.29, 0.717) is 11.8 Å². The van der Waals surface area contributed by atoms with E-state index >= 15 is 0 Å². The Hall–Kier alpha value is -0.500. The summed E-state index contributed by atoms with van der Waals surface area (Å²) in [5, 5.41) is 19.4. The van der Waals surface area contributed by atoms with Gasteiger partial charge in [-0.25, -0.2) is 0 Å². The third-order valence-electron chi connectivity index (χ3n) is 6.97. The van der Waals surface area contributed by atoms with Crippen LogP contribution in [0.4, 0.5) is 0 Å². The van der Waals surface area contributed by atoms with E-state index in [1.54, 1.807) is 0 Å². The van der Waals surface area contributed by atoms with Gasteiger partial charge in [0.15, 0.2) is 0 Å². The molecule has 2 aliphatic carbocycles. The van der Waals surface area contributed by atoms with E-state index in [2.05, 4.69) is 34.6 Å². The summed E-state index contributed by atoms with van der Waals surface area (Å²) in [5.74, 6) is 2.60. The second kappa shape index (κ2) is 6.55. The first-order valence-electron chi connectivity index (χ1n) is 9.19. The summed E-state index contributed by atoms with van der Waals surface area (Å²) in [6.45, 7) is 11.8. The molecule has 0 bridgehead atoms. The highest BCUT2D eigenvalue weighted by Crippen LogP contribution is 2.62. The van der Waals surface area contributed by atoms with Gasteiger partial charge in [0, 0.05) is 0 Å². The Kier molecular flexibility index (Phi) is 5.31. The molecule has 6 unspecified atom stereocenters. The first kappa shape index (κ1) is 17.8. The smallest absolute Gasteiger partial charge is 0.0754 e. The second-order valence-corrected chi connectivity index (χ2v) is 9.17. The first-order chi connectivity index (χ1) is 10.2. The number of hydrogen-bond acceptors (Lipinski definition) is 2. The number of hydrogen-bond donors (Lipinski definition) is 2. The Bertz CT molecular complexity index is 401. The van der Waals surface area contributed by atoms with E-state index in [9.17, 15) is 5.11 Å². The van der Waals surface area contributed by atoms with Crippen LogP contribution in [0.25, 0.3) is 0 Å². The lowest BCUT2D eigenvalue weighted by atomic mass is 9.45. The topological polar surface area (TPSA) is 40.5 Å². The van der Waals surface area contributed by atoms with Crippen LogP contribution in [0.1, 0.15) is 73.1 Å². The SMILES string of the molecule is CC(C=CO)CCC1C(C)CCC2C(C)(C)CC(O)CC12C. The van der Waals surface area contributed by atoms with E-state index in [-0.39, 0.29) is 16.9 Å². The molecular formula is C20H36O2. The quantitative estimate of drug-likeness (QED) is 0.690. The minimum atomic E-state index is -0.140. The van der Waals surface area contributed by atoms with Crippen LogP contribution in [0.15, 0.2) is 12.3 Å². The fourth-order valence-corrected chi connectivity index (χ4v) is 6.08. The van der Waals surface area contributed by atoms with Crippen molar-refractivity contribution < 1.29 is 10.2 Å². The van der Waals surface area contributed by atoms with Crippen LogP contribution in [-0.4, -0.2) is 16.3 Å². The van der Waals surface area contributed by atoms with Crippen molar-refractivity contribution in [1.29, 1.82) is 0 Å². The maximum Gasteiger partial charge on any atom is 0.0754 e. The molecule has 0 aliphatic heterocycles. The van der Waals surface area contributed by atoms with E-state index in [1.807, 2.05) is 6.08 Å². The van der Waals surface area contributed by atoms with E-state index in [1.165, 1.54) is 25.5 Å². The number of fused-ring (bicyclic) bond motifs is 1. The molecule has 0 aromatic carbocycles. The van der Waals surface area contributed by atoms with Gasteiger partial charge in [-0.05, 0) is 72.7 Å². The van der Waals surface area contributed by atoms with Gasteiger partial charge in [0.05, 0.1) is 12.4 Å². The molecule has 2 heteroatoms. The minimum Gasteiger partial charge on any atom is -0.516 e. The highest BCUT2D eigenvalue weighted by atomic mass is 16.3. The number of rotatable bonds is 4. The molecular weight excluding hydrogens is 272 g/mol. The molecule has 2 saturated carbocycles. The van der Waals surface area contributed by atoms with Gasteiger partial charge in [-0.3, -0.25) is 0 Å². The lowest BCUT2D eigenvalue weighted by Crippen LogP contribution is -2.54. The average Bonchev–Trinajstić information content (AvgIpc) is 2.35. The molecule has 0 radical (unpaired) electrons. The van der Waals surface area contributed by atoms with Gasteiger partial charge in [0.2, 0.25) is 0 Å². The Morgan fingerprint density at radius 1 is 1.18 bits per heavy atom. The fourth-order valence-electron chi connectivity index (χ4n) is 6.08. The minimum absolute atomic E-state index is 0.140. The maximum absolute atomic E-state index is 10.5. The molecule has 22 heavy (non-hydrogen) atoms. The third-order valence-corrected chi connectivity index (χ3v) is 6.97. The molecule has 2 fully saturated rings. The lowest BCUT2D eigenvalue weighted by molar-refractivity contribution is -0.136. The summed E-state index contributed by atoms with van der Waals surface area (Å²) in [5.41, 5.74) is 0.517. The maximum atomic E-state index is 10.5. The van der Waals surface area contributed by atoms with Gasteiger partial charge in [0.1, 0.15) is 0 Å². The zero-order valence-electron chi connectivity index (χ0n) is 15.2. The Morgan fingerprint density at radius 3 is 2.50 bits per heavy atom. The van der Waals surface area contributed by atoms with Gasteiger partial charge in [-0.2, -0.15) is 0 Å². The van der Waals surface area contributed by atoms with Crippen LogP contribution < -0.4 is 0 Å². The van der Waals surface area contributed by atoms with Crippen LogP contribution in [0.3, 0.4) is 0 Å². The predicted octanol–water partition coefficient (Wildman–Crippen LogP) is 5.32. The fraction of sp³-hybridized carbons (Fsp3) is 0.900. The normalized spacial score (nSPS) is 43.0. The Balaban J connectivity index is 2.19. The molecule has 2 aliphatic rings. The molecule has 2 nitrogen and oxygen atoms in total. The van der Waals surface area contributed by atoms with Crippen LogP contribution in [0.2, 0.25) is 0 Å². The van der Waals surface area contributed by atoms with Crippen molar-refractivity contribution in [2.45, 2.75) is 79.2 Å². The second-order valence-electron chi connectivity index (χ2n) is 9.17. The van der Waals surface area contributed by atoms with Gasteiger partial charge in [-0.15, -0.1) is 0 Å². The Morgan fingerprint density at radius 2 is 1.86 bits per heavy atom. The zero-order chi connectivity index (χ0) is 16.5. The number of aliphatic hydroxyl groups excluding tert-OH is 2. The highest BCUT2D eigenvalue weighted by molar-refractivity contribution is 5.05. The molecule has 6 atom stereocenters. The van der Waals surface area contributed by atoms with Crippen molar-refractivity contribution in [3.63, 3.8) is 0 Å². The van der Waals surface area contributed by atoms with E-state index in [0.717, 1.165) is 31.1 Å². The largest absolute Gasteiger partial charge is 0.516 e. The Labute approximate surface area is 137 Å². The summed E-state index contributed by atoms with van der Waals surface area (Å²) in [4.78, 5) is 0. The molecule has 0 amide bonds. The standard InChI is InChI=1S/C20H36O2/c1-14(10-11-21)6-8-17-15(2)7-9-18-19(3,4)12-16(22)13-20(17,18)5/h10-11,14-18,21-22H,6-9,12-13H2,1-5H3. The van der Waals surface area contributed by atoms with Gasteiger partial charge < -0.3 is 10.2 Å². The van der Waals surface area contributed by atoms with Crippen LogP contribution in [0.5, 0.6) is 0 Å². The van der Waals surface area contributed by atoms with Crippen molar-refractivity contribution in [3.05, 3.63) is 12.3 Å². The van der Waals surface area contributed by atoms with E-state index < -0.39 is 0 Å². The van der Waals surface area contributed by atoms with Gasteiger partial charge in [-0.1, -0.05) is 41.0 Å². The summed E-state index contributed by atoms with van der Waals surface area (Å²) in [6.07, 6.45) is 9.86.